The fourth-order valence-electron chi connectivity index (χ4n) is 0.494. The van der Waals surface area contributed by atoms with Crippen LogP contribution < -0.4 is 0 Å². The Morgan fingerprint density at radius 3 is 2.00 bits per heavy atom. The lowest BCUT2D eigenvalue weighted by molar-refractivity contribution is -0.141. The van der Waals surface area contributed by atoms with E-state index < -0.39 is 16.9 Å². The number of aromatic nitrogens is 2. The molecule has 1 aromatic rings. The Morgan fingerprint density at radius 1 is 1.27 bits per heavy atom. The van der Waals surface area contributed by atoms with Crippen LogP contribution in [0, 0.1) is 0 Å². The second-order valence-electron chi connectivity index (χ2n) is 1.70. The molecule has 62 valence electrons. The predicted molar refractivity (Wildman–Crippen MR) is 33.6 cm³/mol. The van der Waals surface area contributed by atoms with Crippen LogP contribution in [0.2, 0.25) is 10.2 Å². The minimum Gasteiger partial charge on any atom is -0.271 e. The summed E-state index contributed by atoms with van der Waals surface area (Å²) in [5, 5.41) is 3.77. The molecule has 0 aliphatic heterocycles. The van der Waals surface area contributed by atoms with Crippen LogP contribution >= 0.6 is 23.2 Å². The van der Waals surface area contributed by atoms with E-state index in [1.54, 1.807) is 5.10 Å². The van der Waals surface area contributed by atoms with E-state index in [9.17, 15) is 13.2 Å². The zero-order valence-corrected chi connectivity index (χ0v) is 6.35. The van der Waals surface area contributed by atoms with Crippen molar-refractivity contribution in [1.29, 1.82) is 0 Å². The zero-order chi connectivity index (χ0) is 8.65. The molecular formula is C4HCl2F3N2. The van der Waals surface area contributed by atoms with E-state index >= 15 is 0 Å². The molecule has 0 amide bonds. The first-order valence-electron chi connectivity index (χ1n) is 2.39. The van der Waals surface area contributed by atoms with E-state index in [4.69, 9.17) is 23.2 Å². The third-order valence-electron chi connectivity index (χ3n) is 0.950. The number of halogens is 5. The van der Waals surface area contributed by atoms with Gasteiger partial charge in [-0.1, -0.05) is 23.2 Å². The smallest absolute Gasteiger partial charge is 0.271 e. The van der Waals surface area contributed by atoms with Gasteiger partial charge in [0.1, 0.15) is 5.02 Å². The number of nitrogens with one attached hydrogen (secondary N) is 1. The van der Waals surface area contributed by atoms with E-state index in [-0.39, 0.29) is 5.15 Å². The Morgan fingerprint density at radius 2 is 1.82 bits per heavy atom. The summed E-state index contributed by atoms with van der Waals surface area (Å²) >= 11 is 10.3. The van der Waals surface area contributed by atoms with Gasteiger partial charge in [0.15, 0.2) is 10.8 Å². The third-order valence-corrected chi connectivity index (χ3v) is 1.69. The molecule has 0 bridgehead atoms. The molecule has 0 atom stereocenters. The molecule has 0 unspecified atom stereocenters. The Bertz CT molecular complexity index is 267. The van der Waals surface area contributed by atoms with Crippen molar-refractivity contribution in [3.63, 3.8) is 0 Å². The highest BCUT2D eigenvalue weighted by Crippen LogP contribution is 2.35. The quantitative estimate of drug-likeness (QED) is 0.692. The van der Waals surface area contributed by atoms with E-state index in [1.165, 1.54) is 0 Å². The van der Waals surface area contributed by atoms with Crippen molar-refractivity contribution in [2.45, 2.75) is 6.18 Å². The van der Waals surface area contributed by atoms with Crippen molar-refractivity contribution >= 4 is 23.2 Å². The molecular weight excluding hydrogens is 204 g/mol. The number of hydrogen-bond donors (Lipinski definition) is 1. The van der Waals surface area contributed by atoms with Gasteiger partial charge in [-0.15, -0.1) is 0 Å². The molecule has 1 N–H and O–H groups in total. The van der Waals surface area contributed by atoms with Gasteiger partial charge in [-0.3, -0.25) is 5.10 Å². The highest BCUT2D eigenvalue weighted by Gasteiger charge is 2.36. The third kappa shape index (κ3) is 1.59. The molecule has 0 radical (unpaired) electrons. The summed E-state index contributed by atoms with van der Waals surface area (Å²) in [4.78, 5) is 0. The molecule has 0 saturated heterocycles. The number of rotatable bonds is 0. The molecule has 0 fully saturated rings. The Labute approximate surface area is 69.3 Å². The van der Waals surface area contributed by atoms with Crippen LogP contribution in [0.5, 0.6) is 0 Å². The van der Waals surface area contributed by atoms with Crippen LogP contribution in [0.3, 0.4) is 0 Å². The van der Waals surface area contributed by atoms with Crippen LogP contribution in [0.1, 0.15) is 5.69 Å². The number of nitrogens with zero attached hydrogens (tertiary/aromatic N) is 1. The van der Waals surface area contributed by atoms with Crippen LogP contribution in [0.4, 0.5) is 13.2 Å². The van der Waals surface area contributed by atoms with Crippen molar-refractivity contribution in [3.05, 3.63) is 15.9 Å². The van der Waals surface area contributed by atoms with Gasteiger partial charge >= 0.3 is 6.18 Å². The molecule has 1 aromatic heterocycles. The standard InChI is InChI=1S/C4HCl2F3N2/c5-1-2(4(7,8)9)10-11-3(1)6/h(H,10,11). The molecule has 0 aliphatic rings. The number of hydrogen-bond acceptors (Lipinski definition) is 1. The highest BCUT2D eigenvalue weighted by molar-refractivity contribution is 6.41. The highest BCUT2D eigenvalue weighted by atomic mass is 35.5. The first kappa shape index (κ1) is 8.67. The largest absolute Gasteiger partial charge is 0.434 e. The lowest BCUT2D eigenvalue weighted by atomic mass is 10.4. The molecule has 0 aliphatic carbocycles. The Kier molecular flexibility index (Phi) is 2.02. The molecule has 0 saturated carbocycles. The molecule has 0 spiro atoms. The molecule has 1 rings (SSSR count). The van der Waals surface area contributed by atoms with E-state index in [1.807, 2.05) is 0 Å². The number of alkyl halides is 3. The topological polar surface area (TPSA) is 28.7 Å². The van der Waals surface area contributed by atoms with Crippen molar-refractivity contribution in [2.75, 3.05) is 0 Å². The summed E-state index contributed by atoms with van der Waals surface area (Å²) in [6.07, 6.45) is -4.53. The van der Waals surface area contributed by atoms with E-state index in [0.29, 0.717) is 0 Å². The molecule has 11 heavy (non-hydrogen) atoms. The summed E-state index contributed by atoms with van der Waals surface area (Å²) in [5.41, 5.74) is -1.12. The summed E-state index contributed by atoms with van der Waals surface area (Å²) in [6.45, 7) is 0. The summed E-state index contributed by atoms with van der Waals surface area (Å²) in [6, 6.07) is 0. The average molecular weight is 205 g/mol. The van der Waals surface area contributed by atoms with Crippen molar-refractivity contribution in [2.24, 2.45) is 0 Å². The van der Waals surface area contributed by atoms with Gasteiger partial charge < -0.3 is 0 Å². The SMILES string of the molecule is FC(F)(F)c1[nH]nc(Cl)c1Cl. The monoisotopic (exact) mass is 204 g/mol. The Hall–Kier alpha value is -0.420. The maximum absolute atomic E-state index is 11.8. The second kappa shape index (κ2) is 2.57. The lowest BCUT2D eigenvalue weighted by Gasteiger charge is -2.01. The first-order valence-corrected chi connectivity index (χ1v) is 3.15. The van der Waals surface area contributed by atoms with Crippen LogP contribution in [0.15, 0.2) is 0 Å². The maximum atomic E-state index is 11.8. The van der Waals surface area contributed by atoms with Gasteiger partial charge in [0.2, 0.25) is 0 Å². The van der Waals surface area contributed by atoms with E-state index in [2.05, 4.69) is 5.10 Å². The molecule has 7 heteroatoms. The predicted octanol–water partition coefficient (Wildman–Crippen LogP) is 2.74. The fourth-order valence-corrected chi connectivity index (χ4v) is 0.823. The summed E-state index contributed by atoms with van der Waals surface area (Å²) in [5.74, 6) is 0. The van der Waals surface area contributed by atoms with Crippen LogP contribution in [-0.2, 0) is 6.18 Å². The van der Waals surface area contributed by atoms with Gasteiger partial charge in [0.05, 0.1) is 0 Å². The molecule has 0 aromatic carbocycles. The molecule has 1 heterocycles. The first-order chi connectivity index (χ1) is 4.93. The van der Waals surface area contributed by atoms with Crippen LogP contribution in [0.25, 0.3) is 0 Å². The van der Waals surface area contributed by atoms with Crippen molar-refractivity contribution in [3.8, 4) is 0 Å². The van der Waals surface area contributed by atoms with Gasteiger partial charge in [-0.05, 0) is 0 Å². The average Bonchev–Trinajstić information content (AvgIpc) is 2.11. The fraction of sp³-hybridized carbons (Fsp3) is 0.250. The van der Waals surface area contributed by atoms with Gasteiger partial charge in [0.25, 0.3) is 0 Å². The maximum Gasteiger partial charge on any atom is 0.434 e. The van der Waals surface area contributed by atoms with Crippen molar-refractivity contribution < 1.29 is 13.2 Å². The summed E-state index contributed by atoms with van der Waals surface area (Å²) < 4.78 is 35.5. The molecule has 2 nitrogen and oxygen atoms in total. The minimum absolute atomic E-state index is 0.376. The minimum atomic E-state index is -4.53. The zero-order valence-electron chi connectivity index (χ0n) is 4.84. The van der Waals surface area contributed by atoms with Gasteiger partial charge in [-0.2, -0.15) is 18.3 Å². The summed E-state index contributed by atoms with van der Waals surface area (Å²) in [7, 11) is 0. The van der Waals surface area contributed by atoms with Gasteiger partial charge in [0, 0.05) is 0 Å². The van der Waals surface area contributed by atoms with Crippen LogP contribution in [-0.4, -0.2) is 10.2 Å². The van der Waals surface area contributed by atoms with Crippen molar-refractivity contribution in [1.82, 2.24) is 10.2 Å². The van der Waals surface area contributed by atoms with Gasteiger partial charge in [-0.25, -0.2) is 0 Å². The second-order valence-corrected chi connectivity index (χ2v) is 2.44. The number of H-pyrrole nitrogens is 1. The normalized spacial score (nSPS) is 12.1. The lowest BCUT2D eigenvalue weighted by Crippen LogP contribution is -2.05. The number of aromatic amines is 1. The van der Waals surface area contributed by atoms with E-state index in [0.717, 1.165) is 0 Å². The Balaban J connectivity index is 3.15.